The Morgan fingerprint density at radius 3 is 2.82 bits per heavy atom. The van der Waals surface area contributed by atoms with Gasteiger partial charge in [-0.3, -0.25) is 4.21 Å². The molecule has 1 aliphatic heterocycles. The summed E-state index contributed by atoms with van der Waals surface area (Å²) in [5, 5.41) is 6.41. The Kier molecular flexibility index (Phi) is 6.67. The predicted molar refractivity (Wildman–Crippen MR) is 88.6 cm³/mol. The Labute approximate surface area is 138 Å². The highest BCUT2D eigenvalue weighted by atomic mass is 35.5. The maximum Gasteiger partial charge on any atom is 0.315 e. The van der Waals surface area contributed by atoms with Crippen molar-refractivity contribution >= 4 is 28.4 Å². The molecule has 122 valence electrons. The summed E-state index contributed by atoms with van der Waals surface area (Å²) in [7, 11) is -0.819. The minimum Gasteiger partial charge on any atom is -0.371 e. The van der Waals surface area contributed by atoms with Gasteiger partial charge < -0.3 is 15.4 Å². The van der Waals surface area contributed by atoms with Crippen LogP contribution in [0.4, 0.5) is 4.79 Å². The van der Waals surface area contributed by atoms with Crippen LogP contribution in [0.3, 0.4) is 0 Å². The molecule has 1 aromatic rings. The zero-order valence-electron chi connectivity index (χ0n) is 12.5. The lowest BCUT2D eigenvalue weighted by Crippen LogP contribution is -2.43. The van der Waals surface area contributed by atoms with Crippen molar-refractivity contribution in [1.29, 1.82) is 0 Å². The molecule has 1 fully saturated rings. The second-order valence-corrected chi connectivity index (χ2v) is 7.26. The highest BCUT2D eigenvalue weighted by Crippen LogP contribution is 2.29. The van der Waals surface area contributed by atoms with Crippen molar-refractivity contribution in [2.75, 3.05) is 25.2 Å². The van der Waals surface area contributed by atoms with Gasteiger partial charge in [0.2, 0.25) is 0 Å². The van der Waals surface area contributed by atoms with Crippen molar-refractivity contribution in [3.05, 3.63) is 34.9 Å². The molecule has 1 saturated heterocycles. The van der Waals surface area contributed by atoms with E-state index in [9.17, 15) is 9.00 Å². The Morgan fingerprint density at radius 1 is 1.41 bits per heavy atom. The fourth-order valence-corrected chi connectivity index (χ4v) is 3.09. The summed E-state index contributed by atoms with van der Waals surface area (Å²) in [4.78, 5) is 11.9. The largest absolute Gasteiger partial charge is 0.371 e. The fourth-order valence-electron chi connectivity index (χ4n) is 2.42. The fraction of sp³-hybridized carbons (Fsp3) is 0.533. The number of benzene rings is 1. The molecule has 1 aromatic carbocycles. The third kappa shape index (κ3) is 5.26. The molecule has 2 rings (SSSR count). The van der Waals surface area contributed by atoms with E-state index in [0.717, 1.165) is 12.0 Å². The van der Waals surface area contributed by atoms with Gasteiger partial charge in [-0.15, -0.1) is 0 Å². The van der Waals surface area contributed by atoms with E-state index in [-0.39, 0.29) is 18.2 Å². The molecule has 0 spiro atoms. The van der Waals surface area contributed by atoms with Crippen LogP contribution in [0.5, 0.6) is 0 Å². The summed E-state index contributed by atoms with van der Waals surface area (Å²) in [6, 6.07) is 7.21. The molecule has 0 radical (unpaired) electrons. The second-order valence-electron chi connectivity index (χ2n) is 5.27. The number of urea groups is 1. The van der Waals surface area contributed by atoms with Crippen molar-refractivity contribution in [3.63, 3.8) is 0 Å². The molecule has 3 atom stereocenters. The summed E-state index contributed by atoms with van der Waals surface area (Å²) in [5.41, 5.74) is 1.01. The van der Waals surface area contributed by atoms with Gasteiger partial charge in [0.25, 0.3) is 0 Å². The first-order valence-corrected chi connectivity index (χ1v) is 9.38. The van der Waals surface area contributed by atoms with Gasteiger partial charge >= 0.3 is 6.03 Å². The SMILES string of the molecule is CS(=O)CCCNC(=O)NC1CCOC1c1ccc(Cl)cc1. The van der Waals surface area contributed by atoms with Gasteiger partial charge in [-0.05, 0) is 30.5 Å². The number of amides is 2. The lowest BCUT2D eigenvalue weighted by Gasteiger charge is -2.20. The summed E-state index contributed by atoms with van der Waals surface area (Å²) in [6.45, 7) is 1.14. The van der Waals surface area contributed by atoms with Crippen LogP contribution >= 0.6 is 11.6 Å². The number of ether oxygens (including phenoxy) is 1. The second kappa shape index (κ2) is 8.50. The quantitative estimate of drug-likeness (QED) is 0.778. The standard InChI is InChI=1S/C15H21ClN2O3S/c1-22(20)10-2-8-17-15(19)18-13-7-9-21-14(13)11-3-5-12(16)6-4-11/h3-6,13-14H,2,7-10H2,1H3,(H2,17,18,19). The minimum atomic E-state index is -0.819. The maximum absolute atomic E-state index is 11.9. The number of hydrogen-bond acceptors (Lipinski definition) is 3. The minimum absolute atomic E-state index is 0.0542. The van der Waals surface area contributed by atoms with Crippen LogP contribution in [0.2, 0.25) is 5.02 Å². The van der Waals surface area contributed by atoms with Gasteiger partial charge in [0.15, 0.2) is 0 Å². The lowest BCUT2D eigenvalue weighted by molar-refractivity contribution is 0.0999. The first kappa shape index (κ1) is 17.2. The van der Waals surface area contributed by atoms with Crippen LogP contribution in [0.1, 0.15) is 24.5 Å². The smallest absolute Gasteiger partial charge is 0.315 e. The first-order valence-electron chi connectivity index (χ1n) is 7.27. The van der Waals surface area contributed by atoms with Gasteiger partial charge in [0.1, 0.15) is 6.10 Å². The molecule has 2 amide bonds. The number of rotatable bonds is 6. The number of halogens is 1. The van der Waals surface area contributed by atoms with E-state index in [0.29, 0.717) is 30.3 Å². The third-order valence-electron chi connectivity index (χ3n) is 3.50. The molecule has 0 aliphatic carbocycles. The molecule has 22 heavy (non-hydrogen) atoms. The van der Waals surface area contributed by atoms with Crippen molar-refractivity contribution in [1.82, 2.24) is 10.6 Å². The zero-order valence-corrected chi connectivity index (χ0v) is 14.1. The van der Waals surface area contributed by atoms with Crippen LogP contribution in [0.25, 0.3) is 0 Å². The Balaban J connectivity index is 1.82. The predicted octanol–water partition coefficient (Wildman–Crippen LogP) is 2.24. The van der Waals surface area contributed by atoms with E-state index in [2.05, 4.69) is 10.6 Å². The average molecular weight is 345 g/mol. The van der Waals surface area contributed by atoms with Crippen LogP contribution in [0, 0.1) is 0 Å². The topological polar surface area (TPSA) is 67.4 Å². The number of nitrogens with one attached hydrogen (secondary N) is 2. The van der Waals surface area contributed by atoms with Crippen LogP contribution in [0.15, 0.2) is 24.3 Å². The summed E-state index contributed by atoms with van der Waals surface area (Å²) in [5.74, 6) is 0.597. The Morgan fingerprint density at radius 2 is 2.14 bits per heavy atom. The highest BCUT2D eigenvalue weighted by Gasteiger charge is 2.30. The maximum atomic E-state index is 11.9. The molecular weight excluding hydrogens is 324 g/mol. The highest BCUT2D eigenvalue weighted by molar-refractivity contribution is 7.84. The Bertz CT molecular complexity index is 524. The van der Waals surface area contributed by atoms with Gasteiger partial charge in [0.05, 0.1) is 6.04 Å². The van der Waals surface area contributed by atoms with E-state index in [1.54, 1.807) is 6.26 Å². The van der Waals surface area contributed by atoms with Gasteiger partial charge in [-0.1, -0.05) is 23.7 Å². The van der Waals surface area contributed by atoms with Crippen LogP contribution < -0.4 is 10.6 Å². The van der Waals surface area contributed by atoms with Crippen molar-refractivity contribution in [3.8, 4) is 0 Å². The summed E-state index contributed by atoms with van der Waals surface area (Å²) < 4.78 is 16.7. The molecule has 0 bridgehead atoms. The first-order chi connectivity index (χ1) is 10.6. The van der Waals surface area contributed by atoms with E-state index in [1.165, 1.54) is 0 Å². The van der Waals surface area contributed by atoms with E-state index in [4.69, 9.17) is 16.3 Å². The molecule has 1 aliphatic rings. The van der Waals surface area contributed by atoms with Gasteiger partial charge in [0, 0.05) is 41.0 Å². The average Bonchev–Trinajstić information content (AvgIpc) is 2.92. The van der Waals surface area contributed by atoms with Crippen molar-refractivity contribution in [2.24, 2.45) is 0 Å². The molecule has 1 heterocycles. The number of hydrogen-bond donors (Lipinski definition) is 2. The summed E-state index contributed by atoms with van der Waals surface area (Å²) in [6.07, 6.45) is 3.00. The summed E-state index contributed by atoms with van der Waals surface area (Å²) >= 11 is 5.89. The number of carbonyl (C=O) groups is 1. The van der Waals surface area contributed by atoms with Crippen molar-refractivity contribution < 1.29 is 13.7 Å². The Hall–Kier alpha value is -1.11. The zero-order chi connectivity index (χ0) is 15.9. The monoisotopic (exact) mass is 344 g/mol. The molecule has 5 nitrogen and oxygen atoms in total. The molecule has 7 heteroatoms. The lowest BCUT2D eigenvalue weighted by atomic mass is 10.0. The molecular formula is C15H21ClN2O3S. The molecule has 2 N–H and O–H groups in total. The van der Waals surface area contributed by atoms with E-state index in [1.807, 2.05) is 24.3 Å². The normalized spacial score (nSPS) is 22.3. The third-order valence-corrected chi connectivity index (χ3v) is 4.62. The van der Waals surface area contributed by atoms with Gasteiger partial charge in [-0.2, -0.15) is 0 Å². The molecule has 0 aromatic heterocycles. The van der Waals surface area contributed by atoms with Crippen molar-refractivity contribution in [2.45, 2.75) is 25.0 Å². The van der Waals surface area contributed by atoms with E-state index >= 15 is 0 Å². The number of carbonyl (C=O) groups excluding carboxylic acids is 1. The van der Waals surface area contributed by atoms with Crippen LogP contribution in [-0.2, 0) is 15.5 Å². The molecule has 3 unspecified atom stereocenters. The molecule has 0 saturated carbocycles. The van der Waals surface area contributed by atoms with Crippen LogP contribution in [-0.4, -0.2) is 41.4 Å². The van der Waals surface area contributed by atoms with Gasteiger partial charge in [-0.25, -0.2) is 4.79 Å². The van der Waals surface area contributed by atoms with E-state index < -0.39 is 10.8 Å².